The Morgan fingerprint density at radius 1 is 1.06 bits per heavy atom. The van der Waals surface area contributed by atoms with E-state index in [2.05, 4.69) is 5.32 Å². The summed E-state index contributed by atoms with van der Waals surface area (Å²) in [5.41, 5.74) is 1.97. The third-order valence-corrected chi connectivity index (χ3v) is 6.95. The second-order valence-corrected chi connectivity index (χ2v) is 9.80. The molecule has 2 aromatic carbocycles. The van der Waals surface area contributed by atoms with E-state index in [-0.39, 0.29) is 23.6 Å². The Labute approximate surface area is 198 Å². The quantitative estimate of drug-likeness (QED) is 0.502. The molecule has 1 aliphatic rings. The number of nitrogens with zero attached hydrogens (tertiary/aromatic N) is 1. The number of nitrogens with one attached hydrogen (secondary N) is 1. The summed E-state index contributed by atoms with van der Waals surface area (Å²) in [6, 6.07) is 14.7. The lowest BCUT2D eigenvalue weighted by molar-refractivity contribution is -0.138. The molecule has 3 rings (SSSR count). The van der Waals surface area contributed by atoms with Crippen LogP contribution in [0, 0.1) is 0 Å². The summed E-state index contributed by atoms with van der Waals surface area (Å²) in [6.07, 6.45) is 4.31. The van der Waals surface area contributed by atoms with E-state index in [4.69, 9.17) is 23.2 Å². The van der Waals surface area contributed by atoms with E-state index < -0.39 is 6.04 Å². The van der Waals surface area contributed by atoms with Crippen LogP contribution in [0.3, 0.4) is 0 Å². The smallest absolute Gasteiger partial charge is 0.242 e. The average molecular weight is 479 g/mol. The molecule has 4 nitrogen and oxygen atoms in total. The zero-order valence-corrected chi connectivity index (χ0v) is 20.0. The first-order valence-electron chi connectivity index (χ1n) is 10.6. The topological polar surface area (TPSA) is 49.4 Å². The van der Waals surface area contributed by atoms with E-state index in [0.29, 0.717) is 22.3 Å². The molecule has 1 aliphatic carbocycles. The van der Waals surface area contributed by atoms with Crippen molar-refractivity contribution in [1.29, 1.82) is 0 Å². The number of rotatable bonds is 9. The van der Waals surface area contributed by atoms with Crippen molar-refractivity contribution >= 4 is 46.8 Å². The fourth-order valence-electron chi connectivity index (χ4n) is 3.77. The molecule has 0 aliphatic heterocycles. The SMILES string of the molecule is C[C@@H](C(=O)NC1CCCC1)N(Cc1cccc(Cl)c1)C(=O)CSCc1cccc(Cl)c1. The van der Waals surface area contributed by atoms with Gasteiger partial charge < -0.3 is 10.2 Å². The average Bonchev–Trinajstić information content (AvgIpc) is 3.24. The summed E-state index contributed by atoms with van der Waals surface area (Å²) in [5.74, 6) is 0.803. The van der Waals surface area contributed by atoms with E-state index >= 15 is 0 Å². The Balaban J connectivity index is 1.65. The lowest BCUT2D eigenvalue weighted by Gasteiger charge is -2.29. The summed E-state index contributed by atoms with van der Waals surface area (Å²) in [6.45, 7) is 2.14. The van der Waals surface area contributed by atoms with Crippen molar-refractivity contribution in [3.8, 4) is 0 Å². The first-order valence-corrected chi connectivity index (χ1v) is 12.5. The van der Waals surface area contributed by atoms with Gasteiger partial charge in [0.1, 0.15) is 6.04 Å². The number of halogens is 2. The van der Waals surface area contributed by atoms with E-state index in [9.17, 15) is 9.59 Å². The van der Waals surface area contributed by atoms with Gasteiger partial charge in [-0.1, -0.05) is 60.3 Å². The molecule has 2 aromatic rings. The fourth-order valence-corrected chi connectivity index (χ4v) is 5.06. The lowest BCUT2D eigenvalue weighted by Crippen LogP contribution is -2.50. The highest BCUT2D eigenvalue weighted by Gasteiger charge is 2.28. The van der Waals surface area contributed by atoms with Crippen molar-refractivity contribution in [2.45, 2.75) is 57.0 Å². The minimum absolute atomic E-state index is 0.0684. The Hall–Kier alpha value is -1.69. The Morgan fingerprint density at radius 2 is 1.68 bits per heavy atom. The largest absolute Gasteiger partial charge is 0.352 e. The molecule has 7 heteroatoms. The molecule has 1 atom stereocenters. The van der Waals surface area contributed by atoms with Gasteiger partial charge in [0.15, 0.2) is 0 Å². The summed E-state index contributed by atoms with van der Waals surface area (Å²) >= 11 is 13.7. The van der Waals surface area contributed by atoms with E-state index in [1.807, 2.05) is 42.5 Å². The Bertz CT molecular complexity index is 903. The molecule has 31 heavy (non-hydrogen) atoms. The zero-order valence-electron chi connectivity index (χ0n) is 17.7. The molecule has 0 aromatic heterocycles. The highest BCUT2D eigenvalue weighted by atomic mass is 35.5. The monoisotopic (exact) mass is 478 g/mol. The Kier molecular flexibility index (Phi) is 9.12. The van der Waals surface area contributed by atoms with Gasteiger partial charge in [-0.05, 0) is 55.2 Å². The van der Waals surface area contributed by atoms with Gasteiger partial charge in [-0.2, -0.15) is 0 Å². The van der Waals surface area contributed by atoms with E-state index in [1.54, 1.807) is 17.9 Å². The molecule has 1 fully saturated rings. The van der Waals surface area contributed by atoms with Crippen LogP contribution in [0.2, 0.25) is 10.0 Å². The summed E-state index contributed by atoms with van der Waals surface area (Å²) in [5, 5.41) is 4.42. The number of hydrogen-bond donors (Lipinski definition) is 1. The maximum Gasteiger partial charge on any atom is 0.242 e. The van der Waals surface area contributed by atoms with Gasteiger partial charge >= 0.3 is 0 Å². The number of amides is 2. The van der Waals surface area contributed by atoms with Crippen molar-refractivity contribution in [2.75, 3.05) is 5.75 Å². The van der Waals surface area contributed by atoms with Crippen molar-refractivity contribution in [3.63, 3.8) is 0 Å². The fraction of sp³-hybridized carbons (Fsp3) is 0.417. The molecule has 0 unspecified atom stereocenters. The minimum Gasteiger partial charge on any atom is -0.352 e. The number of thioether (sulfide) groups is 1. The van der Waals surface area contributed by atoms with Gasteiger partial charge in [0.2, 0.25) is 11.8 Å². The first kappa shape index (κ1) is 24.0. The van der Waals surface area contributed by atoms with Gasteiger partial charge in [0, 0.05) is 28.4 Å². The van der Waals surface area contributed by atoms with Crippen LogP contribution < -0.4 is 5.32 Å². The van der Waals surface area contributed by atoms with Crippen LogP contribution in [0.15, 0.2) is 48.5 Å². The third kappa shape index (κ3) is 7.44. The molecular formula is C24H28Cl2N2O2S. The summed E-state index contributed by atoms with van der Waals surface area (Å²) < 4.78 is 0. The first-order chi connectivity index (χ1) is 14.9. The molecular weight excluding hydrogens is 451 g/mol. The second-order valence-electron chi connectivity index (χ2n) is 7.94. The van der Waals surface area contributed by atoms with Gasteiger partial charge in [-0.25, -0.2) is 0 Å². The number of carbonyl (C=O) groups excluding carboxylic acids is 2. The lowest BCUT2D eigenvalue weighted by atomic mass is 10.1. The number of hydrogen-bond acceptors (Lipinski definition) is 3. The summed E-state index contributed by atoms with van der Waals surface area (Å²) in [7, 11) is 0. The predicted octanol–water partition coefficient (Wildman–Crippen LogP) is 5.70. The molecule has 0 spiro atoms. The van der Waals surface area contributed by atoms with Crippen molar-refractivity contribution in [3.05, 3.63) is 69.7 Å². The van der Waals surface area contributed by atoms with Gasteiger partial charge in [-0.3, -0.25) is 9.59 Å². The van der Waals surface area contributed by atoms with Crippen LogP contribution in [0.1, 0.15) is 43.7 Å². The highest BCUT2D eigenvalue weighted by Crippen LogP contribution is 2.21. The molecule has 0 heterocycles. The normalized spacial score (nSPS) is 14.9. The predicted molar refractivity (Wildman–Crippen MR) is 129 cm³/mol. The molecule has 1 N–H and O–H groups in total. The van der Waals surface area contributed by atoms with Crippen molar-refractivity contribution < 1.29 is 9.59 Å². The van der Waals surface area contributed by atoms with E-state index in [1.165, 1.54) is 11.8 Å². The molecule has 0 bridgehead atoms. The summed E-state index contributed by atoms with van der Waals surface area (Å²) in [4.78, 5) is 27.7. The van der Waals surface area contributed by atoms with Crippen LogP contribution >= 0.6 is 35.0 Å². The van der Waals surface area contributed by atoms with Crippen LogP contribution in [0.25, 0.3) is 0 Å². The molecule has 0 radical (unpaired) electrons. The Morgan fingerprint density at radius 3 is 2.32 bits per heavy atom. The number of benzene rings is 2. The maximum atomic E-state index is 13.1. The van der Waals surface area contributed by atoms with Crippen LogP contribution in [-0.2, 0) is 21.9 Å². The second kappa shape index (κ2) is 11.8. The number of carbonyl (C=O) groups is 2. The van der Waals surface area contributed by atoms with Crippen LogP contribution in [-0.4, -0.2) is 34.6 Å². The van der Waals surface area contributed by atoms with Crippen molar-refractivity contribution in [2.24, 2.45) is 0 Å². The van der Waals surface area contributed by atoms with E-state index in [0.717, 1.165) is 36.8 Å². The van der Waals surface area contributed by atoms with Gasteiger partial charge in [-0.15, -0.1) is 11.8 Å². The minimum atomic E-state index is -0.557. The van der Waals surface area contributed by atoms with Crippen LogP contribution in [0.5, 0.6) is 0 Å². The standard InChI is InChI=1S/C24H28Cl2N2O2S/c1-17(24(30)27-22-10-2-3-11-22)28(14-18-6-4-8-20(25)12-18)23(29)16-31-15-19-7-5-9-21(26)13-19/h4-9,12-13,17,22H,2-3,10-11,14-16H2,1H3,(H,27,30)/t17-/m0/s1. The van der Waals surface area contributed by atoms with Crippen LogP contribution in [0.4, 0.5) is 0 Å². The van der Waals surface area contributed by atoms with Gasteiger partial charge in [0.25, 0.3) is 0 Å². The van der Waals surface area contributed by atoms with Gasteiger partial charge in [0.05, 0.1) is 5.75 Å². The highest BCUT2D eigenvalue weighted by molar-refractivity contribution is 7.99. The molecule has 0 saturated heterocycles. The zero-order chi connectivity index (χ0) is 22.2. The molecule has 166 valence electrons. The molecule has 2 amide bonds. The van der Waals surface area contributed by atoms with Crippen molar-refractivity contribution in [1.82, 2.24) is 10.2 Å². The maximum absolute atomic E-state index is 13.1. The third-order valence-electron chi connectivity index (χ3n) is 5.49. The molecule has 1 saturated carbocycles.